The number of aliphatic carboxylic acids is 1. The third kappa shape index (κ3) is 7.32. The topological polar surface area (TPSA) is 108 Å². The SMILES string of the molecule is CN(Cc1ccccc1)CC(NC(=O)OCC1c2ccccc2-c2ccccc21)C(=O)NCC(CC(=O)O)C1CC1. The maximum Gasteiger partial charge on any atom is 0.407 e. The molecule has 0 saturated heterocycles. The average molecular weight is 556 g/mol. The van der Waals surface area contributed by atoms with E-state index in [-0.39, 0.29) is 43.9 Å². The standard InChI is InChI=1S/C33H37N3O5/c1-36(19-22-9-3-2-4-10-22)20-30(32(39)34-18-24(17-31(37)38)23-15-16-23)35-33(40)41-21-29-27-13-7-5-11-25(27)26-12-6-8-14-28(26)29/h2-14,23-24,29-30H,15-21H2,1H3,(H,34,39)(H,35,40)(H,37,38). The molecule has 0 aromatic heterocycles. The molecule has 8 heteroatoms. The molecule has 41 heavy (non-hydrogen) atoms. The Labute approximate surface area is 240 Å². The summed E-state index contributed by atoms with van der Waals surface area (Å²) in [5.74, 6) is -1.10. The fraction of sp³-hybridized carbons (Fsp3) is 0.364. The highest BCUT2D eigenvalue weighted by atomic mass is 16.5. The van der Waals surface area contributed by atoms with E-state index in [1.165, 1.54) is 0 Å². The van der Waals surface area contributed by atoms with Crippen LogP contribution in [0.5, 0.6) is 0 Å². The van der Waals surface area contributed by atoms with Crippen molar-refractivity contribution < 1.29 is 24.2 Å². The zero-order chi connectivity index (χ0) is 28.8. The van der Waals surface area contributed by atoms with Crippen LogP contribution in [0.25, 0.3) is 11.1 Å². The molecule has 1 saturated carbocycles. The number of nitrogens with zero attached hydrogens (tertiary/aromatic N) is 1. The number of carboxylic acid groups (broad SMARTS) is 1. The van der Waals surface area contributed by atoms with Crippen LogP contribution in [0.3, 0.4) is 0 Å². The first-order valence-corrected chi connectivity index (χ1v) is 14.2. The van der Waals surface area contributed by atoms with Gasteiger partial charge in [0, 0.05) is 25.6 Å². The Bertz CT molecular complexity index is 1330. The number of hydrogen-bond donors (Lipinski definition) is 3. The second kappa shape index (κ2) is 13.0. The Hall–Kier alpha value is -4.17. The van der Waals surface area contributed by atoms with Crippen LogP contribution in [-0.4, -0.2) is 60.8 Å². The average Bonchev–Trinajstić information content (AvgIpc) is 3.76. The number of likely N-dealkylation sites (N-methyl/N-ethyl adjacent to an activating group) is 1. The Morgan fingerprint density at radius 2 is 1.54 bits per heavy atom. The van der Waals surface area contributed by atoms with E-state index in [2.05, 4.69) is 34.9 Å². The van der Waals surface area contributed by atoms with Crippen LogP contribution in [0.4, 0.5) is 4.79 Å². The van der Waals surface area contributed by atoms with Crippen molar-refractivity contribution >= 4 is 18.0 Å². The third-order valence-electron chi connectivity index (χ3n) is 8.01. The zero-order valence-corrected chi connectivity index (χ0v) is 23.3. The quantitative estimate of drug-likeness (QED) is 0.284. The molecule has 0 radical (unpaired) electrons. The highest BCUT2D eigenvalue weighted by Gasteiger charge is 2.34. The molecule has 2 amide bonds. The summed E-state index contributed by atoms with van der Waals surface area (Å²) < 4.78 is 5.72. The smallest absolute Gasteiger partial charge is 0.407 e. The van der Waals surface area contributed by atoms with Gasteiger partial charge >= 0.3 is 12.1 Å². The first-order chi connectivity index (χ1) is 19.9. The molecule has 1 fully saturated rings. The van der Waals surface area contributed by atoms with Crippen LogP contribution < -0.4 is 10.6 Å². The van der Waals surface area contributed by atoms with Gasteiger partial charge < -0.3 is 20.5 Å². The molecule has 2 unspecified atom stereocenters. The van der Waals surface area contributed by atoms with Crippen molar-refractivity contribution in [1.29, 1.82) is 0 Å². The molecule has 3 aromatic rings. The number of benzene rings is 3. The normalized spacial score (nSPS) is 15.5. The van der Waals surface area contributed by atoms with Crippen LogP contribution in [0.1, 0.15) is 41.9 Å². The van der Waals surface area contributed by atoms with Gasteiger partial charge in [0.15, 0.2) is 0 Å². The highest BCUT2D eigenvalue weighted by molar-refractivity contribution is 5.86. The fourth-order valence-electron chi connectivity index (χ4n) is 5.80. The lowest BCUT2D eigenvalue weighted by atomic mass is 9.98. The number of alkyl carbamates (subject to hydrolysis) is 1. The van der Waals surface area contributed by atoms with Crippen molar-refractivity contribution in [3.8, 4) is 11.1 Å². The van der Waals surface area contributed by atoms with E-state index in [4.69, 9.17) is 4.74 Å². The Balaban J connectivity index is 1.23. The van der Waals surface area contributed by atoms with Gasteiger partial charge in [-0.25, -0.2) is 4.79 Å². The van der Waals surface area contributed by atoms with Gasteiger partial charge in [-0.1, -0.05) is 78.9 Å². The molecule has 2 aliphatic carbocycles. The lowest BCUT2D eigenvalue weighted by molar-refractivity contribution is -0.138. The molecule has 2 atom stereocenters. The lowest BCUT2D eigenvalue weighted by Crippen LogP contribution is -2.53. The van der Waals surface area contributed by atoms with E-state index >= 15 is 0 Å². The maximum atomic E-state index is 13.3. The van der Waals surface area contributed by atoms with E-state index in [9.17, 15) is 19.5 Å². The van der Waals surface area contributed by atoms with Gasteiger partial charge in [-0.2, -0.15) is 0 Å². The molecular weight excluding hydrogens is 518 g/mol. The van der Waals surface area contributed by atoms with Crippen LogP contribution in [-0.2, 0) is 20.9 Å². The molecule has 0 bridgehead atoms. The van der Waals surface area contributed by atoms with E-state index in [1.54, 1.807) is 0 Å². The first kappa shape index (κ1) is 28.4. The van der Waals surface area contributed by atoms with E-state index in [0.29, 0.717) is 12.5 Å². The molecule has 0 spiro atoms. The lowest BCUT2D eigenvalue weighted by Gasteiger charge is -2.25. The van der Waals surface area contributed by atoms with Crippen LogP contribution in [0.15, 0.2) is 78.9 Å². The molecule has 0 heterocycles. The molecule has 5 rings (SSSR count). The van der Waals surface area contributed by atoms with Gasteiger partial charge in [0.2, 0.25) is 5.91 Å². The number of nitrogens with one attached hydrogen (secondary N) is 2. The van der Waals surface area contributed by atoms with Gasteiger partial charge in [0.1, 0.15) is 12.6 Å². The van der Waals surface area contributed by atoms with Crippen molar-refractivity contribution in [3.63, 3.8) is 0 Å². The summed E-state index contributed by atoms with van der Waals surface area (Å²) >= 11 is 0. The van der Waals surface area contributed by atoms with Gasteiger partial charge in [0.25, 0.3) is 0 Å². The predicted octanol–water partition coefficient (Wildman–Crippen LogP) is 4.64. The summed E-state index contributed by atoms with van der Waals surface area (Å²) in [6.07, 6.45) is 1.32. The van der Waals surface area contributed by atoms with Crippen LogP contribution in [0, 0.1) is 11.8 Å². The number of fused-ring (bicyclic) bond motifs is 3. The molecule has 0 aliphatic heterocycles. The van der Waals surface area contributed by atoms with E-state index in [0.717, 1.165) is 40.7 Å². The largest absolute Gasteiger partial charge is 0.481 e. The summed E-state index contributed by atoms with van der Waals surface area (Å²) in [5, 5.41) is 15.0. The number of ether oxygens (including phenoxy) is 1. The summed E-state index contributed by atoms with van der Waals surface area (Å²) in [6, 6.07) is 25.3. The summed E-state index contributed by atoms with van der Waals surface area (Å²) in [5.41, 5.74) is 5.60. The van der Waals surface area contributed by atoms with Crippen molar-refractivity contribution in [2.45, 2.75) is 37.8 Å². The molecule has 3 aromatic carbocycles. The van der Waals surface area contributed by atoms with Gasteiger partial charge in [-0.3, -0.25) is 14.5 Å². The number of rotatable bonds is 13. The third-order valence-corrected chi connectivity index (χ3v) is 8.01. The number of carboxylic acids is 1. The second-order valence-corrected chi connectivity index (χ2v) is 11.1. The molecule has 214 valence electrons. The molecule has 2 aliphatic rings. The number of carbonyl (C=O) groups is 3. The van der Waals surface area contributed by atoms with Crippen molar-refractivity contribution in [2.75, 3.05) is 26.7 Å². The molecule has 3 N–H and O–H groups in total. The monoisotopic (exact) mass is 555 g/mol. The Morgan fingerprint density at radius 1 is 0.927 bits per heavy atom. The number of amides is 2. The highest BCUT2D eigenvalue weighted by Crippen LogP contribution is 2.44. The van der Waals surface area contributed by atoms with Crippen molar-refractivity contribution in [3.05, 3.63) is 95.6 Å². The Morgan fingerprint density at radius 3 is 2.15 bits per heavy atom. The summed E-state index contributed by atoms with van der Waals surface area (Å²) in [4.78, 5) is 39.7. The van der Waals surface area contributed by atoms with Gasteiger partial charge in [0.05, 0.1) is 6.42 Å². The minimum Gasteiger partial charge on any atom is -0.481 e. The summed E-state index contributed by atoms with van der Waals surface area (Å²) in [7, 11) is 1.89. The second-order valence-electron chi connectivity index (χ2n) is 11.1. The molecular formula is C33H37N3O5. The number of carbonyl (C=O) groups excluding carboxylic acids is 2. The minimum absolute atomic E-state index is 0.0172. The van der Waals surface area contributed by atoms with E-state index < -0.39 is 18.1 Å². The van der Waals surface area contributed by atoms with Crippen molar-refractivity contribution in [2.24, 2.45) is 11.8 Å². The van der Waals surface area contributed by atoms with Crippen LogP contribution >= 0.6 is 0 Å². The Kier molecular flexibility index (Phi) is 8.99. The van der Waals surface area contributed by atoms with Crippen LogP contribution in [0.2, 0.25) is 0 Å². The first-order valence-electron chi connectivity index (χ1n) is 14.2. The predicted molar refractivity (Wildman–Crippen MR) is 156 cm³/mol. The summed E-state index contributed by atoms with van der Waals surface area (Å²) in [6.45, 7) is 1.27. The molecule has 8 nitrogen and oxygen atoms in total. The number of hydrogen-bond acceptors (Lipinski definition) is 5. The maximum absolute atomic E-state index is 13.3. The minimum atomic E-state index is -0.871. The van der Waals surface area contributed by atoms with Gasteiger partial charge in [-0.05, 0) is 59.5 Å². The zero-order valence-electron chi connectivity index (χ0n) is 23.3. The fourth-order valence-corrected chi connectivity index (χ4v) is 5.80. The van der Waals surface area contributed by atoms with Crippen molar-refractivity contribution in [1.82, 2.24) is 15.5 Å². The van der Waals surface area contributed by atoms with Gasteiger partial charge in [-0.15, -0.1) is 0 Å². The van der Waals surface area contributed by atoms with E-state index in [1.807, 2.05) is 66.5 Å².